The fourth-order valence-corrected chi connectivity index (χ4v) is 1.96. The summed E-state index contributed by atoms with van der Waals surface area (Å²) in [6.07, 6.45) is 0. The number of carbonyl (C=O) groups is 1. The van der Waals surface area contributed by atoms with Gasteiger partial charge in [-0.15, -0.1) is 0 Å². The molecule has 0 saturated heterocycles. The number of halogens is 1. The van der Waals surface area contributed by atoms with Gasteiger partial charge < -0.3 is 15.2 Å². The molecular formula is C18H20FNO3. The molecule has 122 valence electrons. The van der Waals surface area contributed by atoms with Gasteiger partial charge in [0.2, 0.25) is 0 Å². The van der Waals surface area contributed by atoms with Crippen molar-refractivity contribution in [3.8, 4) is 5.75 Å². The highest BCUT2D eigenvalue weighted by Crippen LogP contribution is 2.15. The van der Waals surface area contributed by atoms with Gasteiger partial charge in [-0.1, -0.05) is 25.1 Å². The molecule has 0 saturated carbocycles. The third-order valence-electron chi connectivity index (χ3n) is 3.31. The summed E-state index contributed by atoms with van der Waals surface area (Å²) in [5, 5.41) is 11.7. The quantitative estimate of drug-likeness (QED) is 0.825. The number of hydrogen-bond acceptors (Lipinski definition) is 3. The number of ether oxygens (including phenoxy) is 1. The highest BCUT2D eigenvalue weighted by atomic mass is 19.1. The number of amides is 1. The molecule has 0 aromatic heterocycles. The first-order valence-corrected chi connectivity index (χ1v) is 7.45. The first-order valence-electron chi connectivity index (χ1n) is 7.45. The van der Waals surface area contributed by atoms with E-state index in [2.05, 4.69) is 5.32 Å². The van der Waals surface area contributed by atoms with Crippen LogP contribution in [0.5, 0.6) is 5.75 Å². The highest BCUT2D eigenvalue weighted by Gasteiger charge is 2.08. The van der Waals surface area contributed by atoms with Gasteiger partial charge in [0.1, 0.15) is 18.2 Å². The molecule has 0 aliphatic heterocycles. The predicted octanol–water partition coefficient (Wildman–Crippen LogP) is 2.76. The van der Waals surface area contributed by atoms with Crippen LogP contribution >= 0.6 is 0 Å². The minimum atomic E-state index is -0.353. The summed E-state index contributed by atoms with van der Waals surface area (Å²) in [7, 11) is 0. The summed E-state index contributed by atoms with van der Waals surface area (Å²) in [6, 6.07) is 13.0. The number of hydrogen-bond donors (Lipinski definition) is 2. The molecule has 0 heterocycles. The SMILES string of the molecule is CC(CO)CNC(=O)c1cccc(COc2cccc(F)c2)c1. The zero-order valence-corrected chi connectivity index (χ0v) is 13.0. The highest BCUT2D eigenvalue weighted by molar-refractivity contribution is 5.94. The van der Waals surface area contributed by atoms with E-state index in [0.29, 0.717) is 17.9 Å². The second-order valence-corrected chi connectivity index (χ2v) is 5.44. The van der Waals surface area contributed by atoms with Crippen molar-refractivity contribution in [3.05, 3.63) is 65.5 Å². The Morgan fingerprint density at radius 2 is 2.04 bits per heavy atom. The molecule has 1 atom stereocenters. The lowest BCUT2D eigenvalue weighted by molar-refractivity contribution is 0.0942. The van der Waals surface area contributed by atoms with Gasteiger partial charge in [0.15, 0.2) is 0 Å². The van der Waals surface area contributed by atoms with E-state index in [1.807, 2.05) is 13.0 Å². The van der Waals surface area contributed by atoms with Crippen molar-refractivity contribution in [3.63, 3.8) is 0 Å². The zero-order valence-electron chi connectivity index (χ0n) is 13.0. The third-order valence-corrected chi connectivity index (χ3v) is 3.31. The molecular weight excluding hydrogens is 297 g/mol. The van der Waals surface area contributed by atoms with E-state index in [0.717, 1.165) is 5.56 Å². The second kappa shape index (κ2) is 8.29. The van der Waals surface area contributed by atoms with Crippen molar-refractivity contribution in [1.29, 1.82) is 0 Å². The third kappa shape index (κ3) is 5.38. The molecule has 0 spiro atoms. The Bertz CT molecular complexity index is 660. The molecule has 5 heteroatoms. The van der Waals surface area contributed by atoms with Crippen molar-refractivity contribution in [2.75, 3.05) is 13.2 Å². The summed E-state index contributed by atoms with van der Waals surface area (Å²) in [4.78, 5) is 12.1. The predicted molar refractivity (Wildman–Crippen MR) is 85.8 cm³/mol. The molecule has 2 aromatic rings. The average molecular weight is 317 g/mol. The largest absolute Gasteiger partial charge is 0.489 e. The van der Waals surface area contributed by atoms with Crippen molar-refractivity contribution in [2.45, 2.75) is 13.5 Å². The van der Waals surface area contributed by atoms with Gasteiger partial charge in [0.05, 0.1) is 0 Å². The van der Waals surface area contributed by atoms with Crippen LogP contribution in [-0.4, -0.2) is 24.2 Å². The van der Waals surface area contributed by atoms with E-state index in [9.17, 15) is 9.18 Å². The van der Waals surface area contributed by atoms with Crippen LogP contribution in [0.2, 0.25) is 0 Å². The van der Waals surface area contributed by atoms with Crippen molar-refractivity contribution in [2.24, 2.45) is 5.92 Å². The topological polar surface area (TPSA) is 58.6 Å². The Kier molecular flexibility index (Phi) is 6.11. The normalized spacial score (nSPS) is 11.8. The van der Waals surface area contributed by atoms with Gasteiger partial charge >= 0.3 is 0 Å². The van der Waals surface area contributed by atoms with Crippen LogP contribution in [0.4, 0.5) is 4.39 Å². The summed E-state index contributed by atoms with van der Waals surface area (Å²) in [5.41, 5.74) is 1.34. The van der Waals surface area contributed by atoms with E-state index >= 15 is 0 Å². The number of benzene rings is 2. The number of rotatable bonds is 7. The number of carbonyl (C=O) groups excluding carboxylic acids is 1. The van der Waals surface area contributed by atoms with E-state index < -0.39 is 0 Å². The van der Waals surface area contributed by atoms with Crippen molar-refractivity contribution < 1.29 is 19.0 Å². The van der Waals surface area contributed by atoms with Crippen LogP contribution in [0.15, 0.2) is 48.5 Å². The van der Waals surface area contributed by atoms with E-state index in [1.54, 1.807) is 30.3 Å². The van der Waals surface area contributed by atoms with Gasteiger partial charge in [0, 0.05) is 24.8 Å². The first kappa shape index (κ1) is 17.0. The van der Waals surface area contributed by atoms with Gasteiger partial charge in [0.25, 0.3) is 5.91 Å². The number of nitrogens with one attached hydrogen (secondary N) is 1. The van der Waals surface area contributed by atoms with Crippen molar-refractivity contribution in [1.82, 2.24) is 5.32 Å². The molecule has 0 radical (unpaired) electrons. The lowest BCUT2D eigenvalue weighted by Crippen LogP contribution is -2.29. The number of aliphatic hydroxyl groups excluding tert-OH is 1. The molecule has 2 N–H and O–H groups in total. The maximum atomic E-state index is 13.1. The lowest BCUT2D eigenvalue weighted by atomic mass is 10.1. The van der Waals surface area contributed by atoms with Crippen LogP contribution in [0.25, 0.3) is 0 Å². The molecule has 2 rings (SSSR count). The fraction of sp³-hybridized carbons (Fsp3) is 0.278. The minimum absolute atomic E-state index is 0.0124. The van der Waals surface area contributed by atoms with Gasteiger partial charge in [-0.3, -0.25) is 4.79 Å². The molecule has 23 heavy (non-hydrogen) atoms. The van der Waals surface area contributed by atoms with Gasteiger partial charge in [-0.05, 0) is 35.7 Å². The minimum Gasteiger partial charge on any atom is -0.489 e. The summed E-state index contributed by atoms with van der Waals surface area (Å²) in [5.74, 6) is -0.0957. The van der Waals surface area contributed by atoms with Crippen LogP contribution in [0.1, 0.15) is 22.8 Å². The number of aliphatic hydroxyl groups is 1. The Balaban J connectivity index is 1.95. The summed E-state index contributed by atoms with van der Waals surface area (Å²) in [6.45, 7) is 2.54. The maximum absolute atomic E-state index is 13.1. The maximum Gasteiger partial charge on any atom is 0.251 e. The molecule has 2 aromatic carbocycles. The Hall–Kier alpha value is -2.40. The molecule has 0 aliphatic carbocycles. The lowest BCUT2D eigenvalue weighted by Gasteiger charge is -2.11. The zero-order chi connectivity index (χ0) is 16.7. The van der Waals surface area contributed by atoms with Crippen LogP contribution in [0, 0.1) is 11.7 Å². The molecule has 1 unspecified atom stereocenters. The first-order chi connectivity index (χ1) is 11.1. The Labute approximate surface area is 134 Å². The second-order valence-electron chi connectivity index (χ2n) is 5.44. The molecule has 0 aliphatic rings. The Morgan fingerprint density at radius 3 is 2.78 bits per heavy atom. The molecule has 4 nitrogen and oxygen atoms in total. The van der Waals surface area contributed by atoms with E-state index in [1.165, 1.54) is 12.1 Å². The molecule has 0 fully saturated rings. The Morgan fingerprint density at radius 1 is 1.26 bits per heavy atom. The monoisotopic (exact) mass is 317 g/mol. The fourth-order valence-electron chi connectivity index (χ4n) is 1.96. The van der Waals surface area contributed by atoms with Crippen LogP contribution in [0.3, 0.4) is 0 Å². The standard InChI is InChI=1S/C18H20FNO3/c1-13(11-21)10-20-18(22)15-5-2-4-14(8-15)12-23-17-7-3-6-16(19)9-17/h2-9,13,21H,10-12H2,1H3,(H,20,22). The molecule has 0 bridgehead atoms. The van der Waals surface area contributed by atoms with Gasteiger partial charge in [-0.25, -0.2) is 4.39 Å². The van der Waals surface area contributed by atoms with E-state index in [4.69, 9.17) is 9.84 Å². The average Bonchev–Trinajstić information content (AvgIpc) is 2.58. The summed E-state index contributed by atoms with van der Waals surface area (Å²) >= 11 is 0. The van der Waals surface area contributed by atoms with Gasteiger partial charge in [-0.2, -0.15) is 0 Å². The molecule has 1 amide bonds. The van der Waals surface area contributed by atoms with Crippen molar-refractivity contribution >= 4 is 5.91 Å². The smallest absolute Gasteiger partial charge is 0.251 e. The van der Waals surface area contributed by atoms with Crippen LogP contribution in [-0.2, 0) is 6.61 Å². The van der Waals surface area contributed by atoms with Crippen LogP contribution < -0.4 is 10.1 Å². The summed E-state index contributed by atoms with van der Waals surface area (Å²) < 4.78 is 18.6. The van der Waals surface area contributed by atoms with E-state index in [-0.39, 0.29) is 30.9 Å².